The number of aliphatic hydroxyl groups is 1. The van der Waals surface area contributed by atoms with Gasteiger partial charge in [0.15, 0.2) is 5.79 Å². The van der Waals surface area contributed by atoms with E-state index in [2.05, 4.69) is 12.1 Å². The van der Waals surface area contributed by atoms with Gasteiger partial charge in [0.2, 0.25) is 0 Å². The Morgan fingerprint density at radius 1 is 1.00 bits per heavy atom. The summed E-state index contributed by atoms with van der Waals surface area (Å²) < 4.78 is 17.4. The first-order valence-electron chi connectivity index (χ1n) is 7.76. The number of aliphatic hydroxyl groups excluding tert-OH is 1. The molecule has 0 aromatic heterocycles. The Labute approximate surface area is 126 Å². The molecule has 1 aromatic carbocycles. The van der Waals surface area contributed by atoms with Crippen molar-refractivity contribution >= 4 is 0 Å². The van der Waals surface area contributed by atoms with Crippen LogP contribution < -0.4 is 0 Å². The zero-order valence-corrected chi connectivity index (χ0v) is 12.4. The second kappa shape index (κ2) is 6.44. The van der Waals surface area contributed by atoms with Crippen LogP contribution in [-0.4, -0.2) is 37.3 Å². The van der Waals surface area contributed by atoms with Crippen molar-refractivity contribution in [3.63, 3.8) is 0 Å². The van der Waals surface area contributed by atoms with Gasteiger partial charge in [-0.1, -0.05) is 30.3 Å². The Morgan fingerprint density at radius 2 is 1.67 bits per heavy atom. The standard InChI is InChI=1S/C17H24O4/c18-13-16(14-19-12-15-4-2-1-3-5-15)6-8-17(9-7-16)20-10-11-21-17/h1-5,18H,6-14H2. The van der Waals surface area contributed by atoms with E-state index in [-0.39, 0.29) is 17.8 Å². The molecule has 0 unspecified atom stereocenters. The molecule has 1 spiro atoms. The van der Waals surface area contributed by atoms with E-state index < -0.39 is 0 Å². The van der Waals surface area contributed by atoms with E-state index >= 15 is 0 Å². The Bertz CT molecular complexity index is 429. The summed E-state index contributed by atoms with van der Waals surface area (Å²) in [6, 6.07) is 10.1. The highest BCUT2D eigenvalue weighted by molar-refractivity contribution is 5.13. The van der Waals surface area contributed by atoms with Crippen molar-refractivity contribution in [1.82, 2.24) is 0 Å². The maximum atomic E-state index is 9.81. The van der Waals surface area contributed by atoms with Crippen LogP contribution in [0.15, 0.2) is 30.3 Å². The third kappa shape index (κ3) is 3.46. The van der Waals surface area contributed by atoms with Crippen molar-refractivity contribution in [2.24, 2.45) is 5.41 Å². The highest BCUT2D eigenvalue weighted by Gasteiger charge is 2.46. The molecule has 0 radical (unpaired) electrons. The normalized spacial score (nSPS) is 23.5. The summed E-state index contributed by atoms with van der Waals surface area (Å²) >= 11 is 0. The number of benzene rings is 1. The zero-order valence-electron chi connectivity index (χ0n) is 12.4. The molecule has 2 fully saturated rings. The molecule has 1 saturated carbocycles. The molecule has 0 amide bonds. The first kappa shape index (κ1) is 15.0. The molecule has 4 nitrogen and oxygen atoms in total. The fraction of sp³-hybridized carbons (Fsp3) is 0.647. The van der Waals surface area contributed by atoms with Crippen molar-refractivity contribution in [1.29, 1.82) is 0 Å². The van der Waals surface area contributed by atoms with E-state index in [1.807, 2.05) is 18.2 Å². The van der Waals surface area contributed by atoms with Crippen molar-refractivity contribution in [3.05, 3.63) is 35.9 Å². The molecule has 1 aliphatic carbocycles. The van der Waals surface area contributed by atoms with Gasteiger partial charge in [0.25, 0.3) is 0 Å². The highest BCUT2D eigenvalue weighted by atomic mass is 16.7. The zero-order chi connectivity index (χ0) is 14.6. The lowest BCUT2D eigenvalue weighted by atomic mass is 9.73. The summed E-state index contributed by atoms with van der Waals surface area (Å²) in [5.41, 5.74) is 1.02. The fourth-order valence-electron chi connectivity index (χ4n) is 3.25. The molecule has 1 aliphatic heterocycles. The molecule has 4 heteroatoms. The van der Waals surface area contributed by atoms with E-state index in [0.717, 1.165) is 25.7 Å². The molecule has 1 aromatic rings. The van der Waals surface area contributed by atoms with Gasteiger partial charge in [-0.3, -0.25) is 0 Å². The van der Waals surface area contributed by atoms with E-state index in [0.29, 0.717) is 26.4 Å². The third-order valence-corrected chi connectivity index (χ3v) is 4.74. The van der Waals surface area contributed by atoms with E-state index in [9.17, 15) is 5.11 Å². The molecule has 3 rings (SSSR count). The quantitative estimate of drug-likeness (QED) is 0.906. The van der Waals surface area contributed by atoms with E-state index in [1.165, 1.54) is 5.56 Å². The summed E-state index contributed by atoms with van der Waals surface area (Å²) in [4.78, 5) is 0. The summed E-state index contributed by atoms with van der Waals surface area (Å²) in [6.07, 6.45) is 3.47. The average Bonchev–Trinajstić information content (AvgIpc) is 3.00. The highest BCUT2D eigenvalue weighted by Crippen LogP contribution is 2.44. The predicted molar refractivity (Wildman–Crippen MR) is 78.7 cm³/mol. The maximum absolute atomic E-state index is 9.81. The summed E-state index contributed by atoms with van der Waals surface area (Å²) in [6.45, 7) is 2.74. The summed E-state index contributed by atoms with van der Waals surface area (Å²) in [5.74, 6) is -0.377. The molecule has 1 saturated heterocycles. The number of rotatable bonds is 5. The van der Waals surface area contributed by atoms with Crippen LogP contribution in [0.4, 0.5) is 0 Å². The Balaban J connectivity index is 1.51. The van der Waals surface area contributed by atoms with Gasteiger partial charge in [-0.25, -0.2) is 0 Å². The molecule has 1 N–H and O–H groups in total. The van der Waals surface area contributed by atoms with Gasteiger partial charge in [-0.05, 0) is 18.4 Å². The predicted octanol–water partition coefficient (Wildman–Crippen LogP) is 2.50. The molecule has 2 aliphatic rings. The molecule has 0 bridgehead atoms. The maximum Gasteiger partial charge on any atom is 0.168 e. The van der Waals surface area contributed by atoms with Gasteiger partial charge in [-0.15, -0.1) is 0 Å². The lowest BCUT2D eigenvalue weighted by Crippen LogP contribution is -2.43. The molecule has 1 heterocycles. The summed E-state index contributed by atoms with van der Waals surface area (Å²) in [5, 5.41) is 9.81. The average molecular weight is 292 g/mol. The monoisotopic (exact) mass is 292 g/mol. The van der Waals surface area contributed by atoms with Crippen molar-refractivity contribution in [2.45, 2.75) is 38.1 Å². The largest absolute Gasteiger partial charge is 0.396 e. The van der Waals surface area contributed by atoms with Crippen LogP contribution in [0.2, 0.25) is 0 Å². The summed E-state index contributed by atoms with van der Waals surface area (Å²) in [7, 11) is 0. The number of hydrogen-bond donors (Lipinski definition) is 1. The Hall–Kier alpha value is -0.940. The van der Waals surface area contributed by atoms with Gasteiger partial charge in [0.1, 0.15) is 0 Å². The first-order chi connectivity index (χ1) is 10.3. The number of hydrogen-bond acceptors (Lipinski definition) is 4. The fourth-order valence-corrected chi connectivity index (χ4v) is 3.25. The lowest BCUT2D eigenvalue weighted by Gasteiger charge is -2.42. The van der Waals surface area contributed by atoms with Gasteiger partial charge in [0.05, 0.1) is 33.0 Å². The Kier molecular flexibility index (Phi) is 4.60. The van der Waals surface area contributed by atoms with Crippen molar-refractivity contribution < 1.29 is 19.3 Å². The van der Waals surface area contributed by atoms with Crippen LogP contribution in [-0.2, 0) is 20.8 Å². The smallest absolute Gasteiger partial charge is 0.168 e. The lowest BCUT2D eigenvalue weighted by molar-refractivity contribution is -0.200. The van der Waals surface area contributed by atoms with Gasteiger partial charge in [-0.2, -0.15) is 0 Å². The van der Waals surface area contributed by atoms with Gasteiger partial charge < -0.3 is 19.3 Å². The van der Waals surface area contributed by atoms with Gasteiger partial charge >= 0.3 is 0 Å². The van der Waals surface area contributed by atoms with Crippen LogP contribution in [0.5, 0.6) is 0 Å². The van der Waals surface area contributed by atoms with Crippen LogP contribution in [0, 0.1) is 5.41 Å². The second-order valence-electron chi connectivity index (χ2n) is 6.24. The van der Waals surface area contributed by atoms with Crippen molar-refractivity contribution in [2.75, 3.05) is 26.4 Å². The van der Waals surface area contributed by atoms with Gasteiger partial charge in [0, 0.05) is 18.3 Å². The topological polar surface area (TPSA) is 47.9 Å². The van der Waals surface area contributed by atoms with E-state index in [4.69, 9.17) is 14.2 Å². The molecular formula is C17H24O4. The van der Waals surface area contributed by atoms with Crippen LogP contribution >= 0.6 is 0 Å². The minimum Gasteiger partial charge on any atom is -0.396 e. The third-order valence-electron chi connectivity index (χ3n) is 4.74. The number of ether oxygens (including phenoxy) is 3. The molecule has 21 heavy (non-hydrogen) atoms. The van der Waals surface area contributed by atoms with Crippen LogP contribution in [0.3, 0.4) is 0 Å². The Morgan fingerprint density at radius 3 is 2.29 bits per heavy atom. The molecule has 0 atom stereocenters. The van der Waals surface area contributed by atoms with Crippen molar-refractivity contribution in [3.8, 4) is 0 Å². The minimum atomic E-state index is -0.377. The first-order valence-corrected chi connectivity index (χ1v) is 7.76. The minimum absolute atomic E-state index is 0.144. The molecular weight excluding hydrogens is 268 g/mol. The van der Waals surface area contributed by atoms with E-state index in [1.54, 1.807) is 0 Å². The molecule has 116 valence electrons. The van der Waals surface area contributed by atoms with Crippen LogP contribution in [0.25, 0.3) is 0 Å². The SMILES string of the molecule is OCC1(COCc2ccccc2)CCC2(CC1)OCCO2. The second-order valence-corrected chi connectivity index (χ2v) is 6.24. The van der Waals surface area contributed by atoms with Crippen LogP contribution in [0.1, 0.15) is 31.2 Å².